The minimum Gasteiger partial charge on any atom is -0.354 e. The van der Waals surface area contributed by atoms with Crippen LogP contribution in [-0.2, 0) is 16.1 Å². The Bertz CT molecular complexity index is 843. The molecule has 0 bridgehead atoms. The van der Waals surface area contributed by atoms with E-state index in [9.17, 15) is 9.59 Å². The maximum atomic E-state index is 13.0. The number of carbonyl (C=O) groups is 2. The van der Waals surface area contributed by atoms with E-state index in [0.717, 1.165) is 10.5 Å². The van der Waals surface area contributed by atoms with Gasteiger partial charge in [0, 0.05) is 40.2 Å². The van der Waals surface area contributed by atoms with E-state index in [1.807, 2.05) is 56.3 Å². The van der Waals surface area contributed by atoms with Crippen molar-refractivity contribution in [3.63, 3.8) is 0 Å². The van der Waals surface area contributed by atoms with Crippen molar-refractivity contribution in [2.24, 2.45) is 5.92 Å². The molecule has 2 rings (SSSR count). The number of amides is 2. The largest absolute Gasteiger partial charge is 0.354 e. The van der Waals surface area contributed by atoms with Crippen molar-refractivity contribution < 1.29 is 9.59 Å². The van der Waals surface area contributed by atoms with E-state index in [1.165, 1.54) is 0 Å². The van der Waals surface area contributed by atoms with Gasteiger partial charge >= 0.3 is 0 Å². The second-order valence-corrected chi connectivity index (χ2v) is 9.56. The number of carbonyl (C=O) groups excluding carboxylic acids is 2. The van der Waals surface area contributed by atoms with Crippen molar-refractivity contribution in [1.29, 1.82) is 0 Å². The van der Waals surface area contributed by atoms with E-state index in [4.69, 9.17) is 23.2 Å². The van der Waals surface area contributed by atoms with Crippen molar-refractivity contribution >= 4 is 46.8 Å². The third-order valence-electron chi connectivity index (χ3n) is 4.49. The number of nitrogens with one attached hydrogen (secondary N) is 1. The first kappa shape index (κ1) is 24.6. The van der Waals surface area contributed by atoms with Crippen molar-refractivity contribution in [3.05, 3.63) is 64.1 Å². The molecule has 0 spiro atoms. The van der Waals surface area contributed by atoms with E-state index in [-0.39, 0.29) is 11.8 Å². The van der Waals surface area contributed by atoms with E-state index in [2.05, 4.69) is 5.32 Å². The summed E-state index contributed by atoms with van der Waals surface area (Å²) in [6.07, 6.45) is 0.329. The molecule has 0 aliphatic heterocycles. The molecule has 7 heteroatoms. The molecule has 0 fully saturated rings. The summed E-state index contributed by atoms with van der Waals surface area (Å²) in [7, 11) is 0. The standard InChI is InChI=1S/C23H28Cl2N2O2S/c1-16(2)14-26-23(29)17(3)27(15-18-5-4-6-20(25)13-18)22(28)11-12-30-21-9-7-19(24)8-10-21/h4-10,13,16-17H,11-12,14-15H2,1-3H3,(H,26,29)/t17-/m0/s1. The normalized spacial score (nSPS) is 11.9. The summed E-state index contributed by atoms with van der Waals surface area (Å²) >= 11 is 13.6. The van der Waals surface area contributed by atoms with E-state index in [0.29, 0.717) is 41.2 Å². The molecule has 0 unspecified atom stereocenters. The molecule has 0 radical (unpaired) electrons. The fraction of sp³-hybridized carbons (Fsp3) is 0.391. The van der Waals surface area contributed by atoms with Crippen molar-refractivity contribution in [2.45, 2.75) is 44.7 Å². The van der Waals surface area contributed by atoms with E-state index in [1.54, 1.807) is 29.7 Å². The van der Waals surface area contributed by atoms with Crippen LogP contribution in [0.3, 0.4) is 0 Å². The highest BCUT2D eigenvalue weighted by Gasteiger charge is 2.26. The summed E-state index contributed by atoms with van der Waals surface area (Å²) in [6.45, 7) is 6.75. The smallest absolute Gasteiger partial charge is 0.242 e. The Morgan fingerprint density at radius 3 is 2.37 bits per heavy atom. The molecule has 0 aliphatic rings. The molecule has 0 saturated heterocycles. The van der Waals surface area contributed by atoms with Crippen LogP contribution in [0.5, 0.6) is 0 Å². The van der Waals surface area contributed by atoms with Crippen LogP contribution < -0.4 is 5.32 Å². The minimum absolute atomic E-state index is 0.0661. The highest BCUT2D eigenvalue weighted by Crippen LogP contribution is 2.22. The average Bonchev–Trinajstić information content (AvgIpc) is 2.71. The zero-order chi connectivity index (χ0) is 22.1. The molecule has 2 aromatic carbocycles. The maximum Gasteiger partial charge on any atom is 0.242 e. The summed E-state index contributed by atoms with van der Waals surface area (Å²) in [5, 5.41) is 4.22. The average molecular weight is 467 g/mol. The lowest BCUT2D eigenvalue weighted by Gasteiger charge is -2.29. The first-order chi connectivity index (χ1) is 14.3. The van der Waals surface area contributed by atoms with Crippen LogP contribution in [0.25, 0.3) is 0 Å². The third kappa shape index (κ3) is 8.21. The molecule has 1 atom stereocenters. The molecule has 2 amide bonds. The lowest BCUT2D eigenvalue weighted by molar-refractivity contribution is -0.140. The molecule has 30 heavy (non-hydrogen) atoms. The number of hydrogen-bond acceptors (Lipinski definition) is 3. The number of rotatable bonds is 10. The molecule has 2 aromatic rings. The van der Waals surface area contributed by atoms with Gasteiger partial charge in [0.1, 0.15) is 6.04 Å². The number of halogens is 2. The van der Waals surface area contributed by atoms with Crippen LogP contribution in [0.1, 0.15) is 32.8 Å². The third-order valence-corrected chi connectivity index (χ3v) is 5.99. The number of hydrogen-bond donors (Lipinski definition) is 1. The Hall–Kier alpha value is -1.69. The number of benzene rings is 2. The Balaban J connectivity index is 2.05. The van der Waals surface area contributed by atoms with Gasteiger partial charge < -0.3 is 10.2 Å². The maximum absolute atomic E-state index is 13.0. The van der Waals surface area contributed by atoms with Gasteiger partial charge in [0.2, 0.25) is 11.8 Å². The van der Waals surface area contributed by atoms with E-state index >= 15 is 0 Å². The molecule has 4 nitrogen and oxygen atoms in total. The summed E-state index contributed by atoms with van der Waals surface area (Å²) in [4.78, 5) is 28.3. The molecule has 0 aliphatic carbocycles. The second kappa shape index (κ2) is 12.2. The Morgan fingerprint density at radius 2 is 1.73 bits per heavy atom. The van der Waals surface area contributed by atoms with Crippen molar-refractivity contribution in [3.8, 4) is 0 Å². The van der Waals surface area contributed by atoms with Crippen molar-refractivity contribution in [2.75, 3.05) is 12.3 Å². The fourth-order valence-corrected chi connectivity index (χ4v) is 3.98. The zero-order valence-corrected chi connectivity index (χ0v) is 19.9. The molecule has 0 heterocycles. The van der Waals surface area contributed by atoms with E-state index < -0.39 is 6.04 Å². The van der Waals surface area contributed by atoms with Gasteiger partial charge in [-0.1, -0.05) is 49.2 Å². The lowest BCUT2D eigenvalue weighted by Crippen LogP contribution is -2.48. The van der Waals surface area contributed by atoms with Crippen molar-refractivity contribution in [1.82, 2.24) is 10.2 Å². The first-order valence-corrected chi connectivity index (χ1v) is 11.7. The van der Waals surface area contributed by atoms with Gasteiger partial charge in [-0.2, -0.15) is 0 Å². The molecule has 0 aromatic heterocycles. The lowest BCUT2D eigenvalue weighted by atomic mass is 10.1. The van der Waals surface area contributed by atoms with Gasteiger partial charge in [-0.15, -0.1) is 11.8 Å². The van der Waals surface area contributed by atoms with Crippen LogP contribution in [0.4, 0.5) is 0 Å². The highest BCUT2D eigenvalue weighted by atomic mass is 35.5. The Kier molecular flexibility index (Phi) is 10.0. The van der Waals surface area contributed by atoms with Gasteiger partial charge in [0.05, 0.1) is 0 Å². The first-order valence-electron chi connectivity index (χ1n) is 9.96. The monoisotopic (exact) mass is 466 g/mol. The Morgan fingerprint density at radius 1 is 1.03 bits per heavy atom. The summed E-state index contributed by atoms with van der Waals surface area (Å²) in [5.41, 5.74) is 0.893. The van der Waals surface area contributed by atoms with Crippen LogP contribution in [0.15, 0.2) is 53.4 Å². The second-order valence-electron chi connectivity index (χ2n) is 7.52. The predicted molar refractivity (Wildman–Crippen MR) is 126 cm³/mol. The number of nitrogens with zero attached hydrogens (tertiary/aromatic N) is 1. The highest BCUT2D eigenvalue weighted by molar-refractivity contribution is 7.99. The quantitative estimate of drug-likeness (QED) is 0.459. The topological polar surface area (TPSA) is 49.4 Å². The Labute approximate surface area is 193 Å². The molecular formula is C23H28Cl2N2O2S. The number of thioether (sulfide) groups is 1. The summed E-state index contributed by atoms with van der Waals surface area (Å²) in [6, 6.07) is 14.3. The molecule has 1 N–H and O–H groups in total. The predicted octanol–water partition coefficient (Wildman–Crippen LogP) is 5.67. The zero-order valence-electron chi connectivity index (χ0n) is 17.5. The fourth-order valence-electron chi connectivity index (χ4n) is 2.80. The van der Waals surface area contributed by atoms with Crippen LogP contribution >= 0.6 is 35.0 Å². The van der Waals surface area contributed by atoms with Crippen LogP contribution in [-0.4, -0.2) is 35.1 Å². The summed E-state index contributed by atoms with van der Waals surface area (Å²) in [5.74, 6) is 0.745. The van der Waals surface area contributed by atoms with Gasteiger partial charge in [0.15, 0.2) is 0 Å². The van der Waals surface area contributed by atoms with Crippen LogP contribution in [0.2, 0.25) is 10.0 Å². The molecular weight excluding hydrogens is 439 g/mol. The van der Waals surface area contributed by atoms with Gasteiger partial charge in [-0.05, 0) is 54.8 Å². The van der Waals surface area contributed by atoms with Gasteiger partial charge in [0.25, 0.3) is 0 Å². The molecule has 162 valence electrons. The molecule has 0 saturated carbocycles. The SMILES string of the molecule is CC(C)CNC(=O)[C@H](C)N(Cc1cccc(Cl)c1)C(=O)CCSc1ccc(Cl)cc1. The van der Waals surface area contributed by atoms with Gasteiger partial charge in [-0.3, -0.25) is 9.59 Å². The summed E-state index contributed by atoms with van der Waals surface area (Å²) < 4.78 is 0. The van der Waals surface area contributed by atoms with Gasteiger partial charge in [-0.25, -0.2) is 0 Å². The van der Waals surface area contributed by atoms with Crippen LogP contribution in [0, 0.1) is 5.92 Å². The minimum atomic E-state index is -0.573.